The smallest absolute Gasteiger partial charge is 0.416 e. The molecule has 1 fully saturated rings. The molecule has 1 aliphatic rings. The third-order valence-corrected chi connectivity index (χ3v) is 6.99. The Hall–Kier alpha value is -4.09. The molecule has 38 heavy (non-hydrogen) atoms. The highest BCUT2D eigenvalue weighted by molar-refractivity contribution is 6.13. The molecule has 2 heterocycles. The van der Waals surface area contributed by atoms with E-state index >= 15 is 0 Å². The van der Waals surface area contributed by atoms with E-state index in [0.717, 1.165) is 11.0 Å². The number of anilines is 1. The number of ether oxygens (including phenoxy) is 1. The highest BCUT2D eigenvalue weighted by atomic mass is 19.4. The summed E-state index contributed by atoms with van der Waals surface area (Å²) >= 11 is 0. The summed E-state index contributed by atoms with van der Waals surface area (Å²) in [6.45, 7) is 3.96. The molecular formula is C26H27F3N4O5. The van der Waals surface area contributed by atoms with Crippen molar-refractivity contribution < 1.29 is 32.3 Å². The van der Waals surface area contributed by atoms with Crippen molar-refractivity contribution in [3.8, 4) is 0 Å². The van der Waals surface area contributed by atoms with Crippen molar-refractivity contribution >= 4 is 34.6 Å². The minimum atomic E-state index is -4.63. The van der Waals surface area contributed by atoms with Gasteiger partial charge in [0.15, 0.2) is 5.92 Å². The van der Waals surface area contributed by atoms with Gasteiger partial charge in [-0.25, -0.2) is 9.59 Å². The first-order chi connectivity index (χ1) is 17.8. The Morgan fingerprint density at radius 2 is 1.74 bits per heavy atom. The van der Waals surface area contributed by atoms with Crippen molar-refractivity contribution in [1.82, 2.24) is 14.0 Å². The van der Waals surface area contributed by atoms with Crippen molar-refractivity contribution in [3.05, 3.63) is 63.6 Å². The normalized spacial score (nSPS) is 17.3. The first kappa shape index (κ1) is 27.0. The molecule has 1 saturated heterocycles. The van der Waals surface area contributed by atoms with Crippen LogP contribution in [0, 0.1) is 12.8 Å². The number of rotatable bonds is 5. The predicted molar refractivity (Wildman–Crippen MR) is 132 cm³/mol. The van der Waals surface area contributed by atoms with Gasteiger partial charge in [-0.3, -0.25) is 28.5 Å². The predicted octanol–water partition coefficient (Wildman–Crippen LogP) is 3.91. The molecule has 0 saturated carbocycles. The van der Waals surface area contributed by atoms with Crippen LogP contribution in [0.4, 0.5) is 23.7 Å². The fraction of sp³-hybridized carbons (Fsp3) is 0.385. The number of imide groups is 1. The second-order valence-corrected chi connectivity index (χ2v) is 9.17. The summed E-state index contributed by atoms with van der Waals surface area (Å²) in [6.07, 6.45) is -4.63. The van der Waals surface area contributed by atoms with Crippen molar-refractivity contribution in [2.24, 2.45) is 20.0 Å². The van der Waals surface area contributed by atoms with Crippen LogP contribution in [0.25, 0.3) is 11.0 Å². The topological polar surface area (TPSA) is 93.8 Å². The standard InChI is InChI=1S/C26H27F3N4O5/c1-6-38-23(35)18-13-32(16-10-11-20-21(12-16)31(5)24(36)30(20)4)25(37)33(22(18)34)15(3)17-8-7-9-19(14(17)2)26(27,28)29/h7-12,15,18H,6,13H2,1-5H3. The zero-order valence-electron chi connectivity index (χ0n) is 21.5. The lowest BCUT2D eigenvalue weighted by atomic mass is 9.94. The lowest BCUT2D eigenvalue weighted by Crippen LogP contribution is -2.59. The maximum atomic E-state index is 13.7. The number of amides is 3. The number of hydrogen-bond donors (Lipinski definition) is 0. The maximum absolute atomic E-state index is 13.7. The summed E-state index contributed by atoms with van der Waals surface area (Å²) in [5.74, 6) is -3.10. The summed E-state index contributed by atoms with van der Waals surface area (Å²) in [5.41, 5.74) is 0.258. The van der Waals surface area contributed by atoms with E-state index in [2.05, 4.69) is 0 Å². The molecular weight excluding hydrogens is 505 g/mol. The third-order valence-electron chi connectivity index (χ3n) is 6.99. The fourth-order valence-corrected chi connectivity index (χ4v) is 4.94. The lowest BCUT2D eigenvalue weighted by Gasteiger charge is -2.40. The molecule has 2 aromatic carbocycles. The van der Waals surface area contributed by atoms with Crippen LogP contribution >= 0.6 is 0 Å². The van der Waals surface area contributed by atoms with Crippen LogP contribution in [0.5, 0.6) is 0 Å². The van der Waals surface area contributed by atoms with Crippen LogP contribution < -0.4 is 10.6 Å². The number of nitrogens with zero attached hydrogens (tertiary/aromatic N) is 4. The van der Waals surface area contributed by atoms with Gasteiger partial charge < -0.3 is 4.74 Å². The molecule has 1 aliphatic heterocycles. The van der Waals surface area contributed by atoms with E-state index in [0.29, 0.717) is 16.7 Å². The number of hydrogen-bond acceptors (Lipinski definition) is 5. The SMILES string of the molecule is CCOC(=O)C1CN(c2ccc3c(c2)n(C)c(=O)n3C)C(=O)N(C(C)c2cccc(C(F)(F)F)c2C)C1=O. The average molecular weight is 533 g/mol. The number of fused-ring (bicyclic) bond motifs is 1. The van der Waals surface area contributed by atoms with Crippen molar-refractivity contribution in [3.63, 3.8) is 0 Å². The molecule has 0 radical (unpaired) electrons. The van der Waals surface area contributed by atoms with Gasteiger partial charge in [0, 0.05) is 19.8 Å². The van der Waals surface area contributed by atoms with Gasteiger partial charge in [0.05, 0.1) is 35.8 Å². The quantitative estimate of drug-likeness (QED) is 0.367. The highest BCUT2D eigenvalue weighted by Crippen LogP contribution is 2.38. The number of alkyl halides is 3. The highest BCUT2D eigenvalue weighted by Gasteiger charge is 2.47. The molecule has 4 rings (SSSR count). The van der Waals surface area contributed by atoms with Gasteiger partial charge in [-0.1, -0.05) is 12.1 Å². The minimum absolute atomic E-state index is 0.00304. The number of halogens is 3. The Kier molecular flexibility index (Phi) is 6.85. The first-order valence-electron chi connectivity index (χ1n) is 11.9. The van der Waals surface area contributed by atoms with Gasteiger partial charge in [0.1, 0.15) is 0 Å². The largest absolute Gasteiger partial charge is 0.465 e. The second kappa shape index (κ2) is 9.66. The number of urea groups is 1. The molecule has 3 aromatic rings. The molecule has 9 nitrogen and oxygen atoms in total. The summed E-state index contributed by atoms with van der Waals surface area (Å²) < 4.78 is 48.6. The molecule has 3 amide bonds. The molecule has 12 heteroatoms. The number of esters is 1. The molecule has 0 bridgehead atoms. The Labute approximate surface area is 216 Å². The van der Waals surface area contributed by atoms with E-state index in [9.17, 15) is 32.3 Å². The number of carbonyl (C=O) groups excluding carboxylic acids is 3. The maximum Gasteiger partial charge on any atom is 0.416 e. The number of imidazole rings is 1. The first-order valence-corrected chi connectivity index (χ1v) is 11.9. The van der Waals surface area contributed by atoms with Crippen molar-refractivity contribution in [1.29, 1.82) is 0 Å². The Morgan fingerprint density at radius 3 is 2.37 bits per heavy atom. The number of aryl methyl sites for hydroxylation is 2. The van der Waals surface area contributed by atoms with Gasteiger partial charge in [-0.05, 0) is 56.2 Å². The average Bonchev–Trinajstić information content (AvgIpc) is 3.07. The van der Waals surface area contributed by atoms with Crippen molar-refractivity contribution in [2.45, 2.75) is 33.0 Å². The Morgan fingerprint density at radius 1 is 1.08 bits per heavy atom. The fourth-order valence-electron chi connectivity index (χ4n) is 4.94. The van der Waals surface area contributed by atoms with Crippen LogP contribution in [-0.4, -0.2) is 45.1 Å². The van der Waals surface area contributed by atoms with E-state index in [-0.39, 0.29) is 30.0 Å². The van der Waals surface area contributed by atoms with E-state index in [1.54, 1.807) is 39.2 Å². The van der Waals surface area contributed by atoms with Gasteiger partial charge in [0.2, 0.25) is 5.91 Å². The monoisotopic (exact) mass is 532 g/mol. The second-order valence-electron chi connectivity index (χ2n) is 9.17. The summed E-state index contributed by atoms with van der Waals surface area (Å²) in [4.78, 5) is 54.4. The molecule has 2 atom stereocenters. The number of carbonyl (C=O) groups is 3. The van der Waals surface area contributed by atoms with Gasteiger partial charge in [-0.15, -0.1) is 0 Å². The molecule has 202 valence electrons. The van der Waals surface area contributed by atoms with Gasteiger partial charge in [0.25, 0.3) is 0 Å². The van der Waals surface area contributed by atoms with E-state index in [4.69, 9.17) is 4.74 Å². The summed E-state index contributed by atoms with van der Waals surface area (Å²) in [6, 6.07) is 6.44. The molecule has 0 aliphatic carbocycles. The lowest BCUT2D eigenvalue weighted by molar-refractivity contribution is -0.155. The number of benzene rings is 2. The molecule has 0 spiro atoms. The molecule has 1 aromatic heterocycles. The van der Waals surface area contributed by atoms with Gasteiger partial charge in [-0.2, -0.15) is 13.2 Å². The Balaban J connectivity index is 1.83. The summed E-state index contributed by atoms with van der Waals surface area (Å²) in [5, 5.41) is 0. The Bertz CT molecular complexity index is 1510. The van der Waals surface area contributed by atoms with E-state index in [1.807, 2.05) is 0 Å². The molecule has 0 N–H and O–H groups in total. The van der Waals surface area contributed by atoms with Crippen LogP contribution in [0.2, 0.25) is 0 Å². The zero-order valence-corrected chi connectivity index (χ0v) is 21.5. The third kappa shape index (κ3) is 4.33. The van der Waals surface area contributed by atoms with E-state index in [1.165, 1.54) is 40.0 Å². The van der Waals surface area contributed by atoms with Crippen LogP contribution in [0.15, 0.2) is 41.2 Å². The number of aromatic nitrogens is 2. The zero-order chi connectivity index (χ0) is 28.1. The van der Waals surface area contributed by atoms with Crippen LogP contribution in [0.1, 0.15) is 36.6 Å². The molecule has 2 unspecified atom stereocenters. The summed E-state index contributed by atoms with van der Waals surface area (Å²) in [7, 11) is 3.18. The van der Waals surface area contributed by atoms with E-state index < -0.39 is 41.6 Å². The van der Waals surface area contributed by atoms with Crippen LogP contribution in [-0.2, 0) is 34.6 Å². The van der Waals surface area contributed by atoms with Crippen LogP contribution in [0.3, 0.4) is 0 Å². The van der Waals surface area contributed by atoms with Crippen molar-refractivity contribution in [2.75, 3.05) is 18.1 Å². The minimum Gasteiger partial charge on any atom is -0.465 e. The van der Waals surface area contributed by atoms with Gasteiger partial charge >= 0.3 is 23.9 Å².